The highest BCUT2D eigenvalue weighted by Gasteiger charge is 2.54. The van der Waals surface area contributed by atoms with E-state index in [1.807, 2.05) is 0 Å². The van der Waals surface area contributed by atoms with Gasteiger partial charge >= 0.3 is 5.97 Å². The second-order valence-electron chi connectivity index (χ2n) is 6.54. The molecule has 10 nitrogen and oxygen atoms in total. The van der Waals surface area contributed by atoms with Gasteiger partial charge in [0.05, 0.1) is 0 Å². The molecule has 4 rings (SSSR count). The number of aliphatic hydroxyl groups excluding tert-OH is 1. The fourth-order valence-corrected chi connectivity index (χ4v) is 5.49. The van der Waals surface area contributed by atoms with E-state index in [4.69, 9.17) is 0 Å². The van der Waals surface area contributed by atoms with Crippen LogP contribution in [0.2, 0.25) is 0 Å². The molecule has 4 N–H and O–H groups in total. The Morgan fingerprint density at radius 1 is 1.37 bits per heavy atom. The summed E-state index contributed by atoms with van der Waals surface area (Å²) in [5.74, 6) is -1.70. The van der Waals surface area contributed by atoms with Crippen LogP contribution in [0.4, 0.5) is 0 Å². The molecule has 0 spiro atoms. The smallest absolute Gasteiger partial charge is 0.352 e. The number of fused-ring (bicyclic) bond motifs is 1. The van der Waals surface area contributed by atoms with Crippen LogP contribution in [0.25, 0.3) is 0 Å². The topological polar surface area (TPSA) is 149 Å². The fraction of sp³-hybridized carbons (Fsp3) is 0.278. The monoisotopic (exact) mass is 447 g/mol. The molecular weight excluding hydrogens is 430 g/mol. The van der Waals surface area contributed by atoms with Crippen LogP contribution in [0.15, 0.2) is 53.1 Å². The molecule has 3 heterocycles. The maximum absolute atomic E-state index is 12.7. The maximum atomic E-state index is 12.7. The van der Waals surface area contributed by atoms with E-state index in [2.05, 4.69) is 20.5 Å². The van der Waals surface area contributed by atoms with Gasteiger partial charge in [-0.3, -0.25) is 19.6 Å². The van der Waals surface area contributed by atoms with Crippen molar-refractivity contribution in [2.24, 2.45) is 0 Å². The van der Waals surface area contributed by atoms with Crippen molar-refractivity contribution in [1.82, 2.24) is 25.4 Å². The number of aromatic nitrogens is 3. The first-order valence-corrected chi connectivity index (χ1v) is 10.9. The van der Waals surface area contributed by atoms with Crippen LogP contribution in [0.3, 0.4) is 0 Å². The van der Waals surface area contributed by atoms with Crippen LogP contribution >= 0.6 is 23.5 Å². The fourth-order valence-electron chi connectivity index (χ4n) is 3.23. The summed E-state index contributed by atoms with van der Waals surface area (Å²) in [6.07, 6.45) is 0.0146. The van der Waals surface area contributed by atoms with E-state index in [9.17, 15) is 24.6 Å². The highest BCUT2D eigenvalue weighted by Crippen LogP contribution is 2.41. The van der Waals surface area contributed by atoms with Gasteiger partial charge in [-0.05, 0) is 11.1 Å². The van der Waals surface area contributed by atoms with Crippen molar-refractivity contribution < 1.29 is 24.6 Å². The van der Waals surface area contributed by atoms with Gasteiger partial charge in [0.1, 0.15) is 23.4 Å². The number of nitrogens with one attached hydrogen (secondary N) is 2. The lowest BCUT2D eigenvalue weighted by atomic mass is 10.0. The normalized spacial score (nSPS) is 21.6. The van der Waals surface area contributed by atoms with Crippen LogP contribution in [-0.2, 0) is 14.4 Å². The molecule has 2 aromatic rings. The average molecular weight is 447 g/mol. The zero-order chi connectivity index (χ0) is 21.3. The predicted molar refractivity (Wildman–Crippen MR) is 108 cm³/mol. The minimum atomic E-state index is -1.41. The van der Waals surface area contributed by atoms with E-state index in [0.29, 0.717) is 27.8 Å². The molecule has 30 heavy (non-hydrogen) atoms. The molecule has 0 aliphatic carbocycles. The third-order valence-corrected chi connectivity index (χ3v) is 6.97. The van der Waals surface area contributed by atoms with Crippen molar-refractivity contribution in [2.45, 2.75) is 22.7 Å². The molecule has 2 aliphatic heterocycles. The third-order valence-electron chi connectivity index (χ3n) is 4.68. The van der Waals surface area contributed by atoms with Gasteiger partial charge < -0.3 is 15.5 Å². The van der Waals surface area contributed by atoms with Gasteiger partial charge in [0.25, 0.3) is 11.8 Å². The highest BCUT2D eigenvalue weighted by molar-refractivity contribution is 8.01. The number of aliphatic hydroxyl groups is 1. The Hall–Kier alpha value is -2.83. The van der Waals surface area contributed by atoms with Crippen molar-refractivity contribution in [3.8, 4) is 0 Å². The van der Waals surface area contributed by atoms with Crippen molar-refractivity contribution in [1.29, 1.82) is 0 Å². The molecule has 12 heteroatoms. The van der Waals surface area contributed by atoms with Crippen LogP contribution in [-0.4, -0.2) is 71.0 Å². The maximum Gasteiger partial charge on any atom is 0.352 e. The molecule has 0 bridgehead atoms. The number of benzene rings is 1. The van der Waals surface area contributed by atoms with Crippen LogP contribution < -0.4 is 5.32 Å². The molecule has 1 aromatic heterocycles. The van der Waals surface area contributed by atoms with Gasteiger partial charge in [-0.15, -0.1) is 16.9 Å². The highest BCUT2D eigenvalue weighted by atomic mass is 32.2. The summed E-state index contributed by atoms with van der Waals surface area (Å²) in [4.78, 5) is 42.1. The predicted octanol–water partition coefficient (Wildman–Crippen LogP) is 0.369. The van der Waals surface area contributed by atoms with Crippen LogP contribution in [0.1, 0.15) is 11.7 Å². The largest absolute Gasteiger partial charge is 0.477 e. The number of hydrogen-bond donors (Lipinski definition) is 4. The molecular formula is C18H17N5O5S2. The number of carboxylic acid groups (broad SMARTS) is 1. The van der Waals surface area contributed by atoms with E-state index in [1.165, 1.54) is 34.8 Å². The summed E-state index contributed by atoms with van der Waals surface area (Å²) in [6.45, 7) is 0. The van der Waals surface area contributed by atoms with Crippen LogP contribution in [0.5, 0.6) is 0 Å². The van der Waals surface area contributed by atoms with Gasteiger partial charge in [-0.1, -0.05) is 42.1 Å². The lowest BCUT2D eigenvalue weighted by Crippen LogP contribution is -2.70. The van der Waals surface area contributed by atoms with Crippen molar-refractivity contribution in [3.05, 3.63) is 53.5 Å². The minimum Gasteiger partial charge on any atom is -0.477 e. The summed E-state index contributed by atoms with van der Waals surface area (Å²) in [5.41, 5.74) is 0.925. The summed E-state index contributed by atoms with van der Waals surface area (Å²) in [6, 6.07) is 7.48. The SMILES string of the molecule is O=C(O)C1=C(CSc2nc[nH]n2)CS[C@H]2C(NC(=O)C(O)c3ccccc3)C(=O)N12. The quantitative estimate of drug-likeness (QED) is 0.349. The number of carbonyl (C=O) groups excluding carboxylic acids is 2. The molecule has 2 amide bonds. The zero-order valence-electron chi connectivity index (χ0n) is 15.4. The first-order chi connectivity index (χ1) is 14.5. The number of carboxylic acids is 1. The summed E-state index contributed by atoms with van der Waals surface area (Å²) < 4.78 is 0. The number of carbonyl (C=O) groups is 3. The van der Waals surface area contributed by atoms with Crippen molar-refractivity contribution >= 4 is 41.3 Å². The van der Waals surface area contributed by atoms with E-state index >= 15 is 0 Å². The Morgan fingerprint density at radius 3 is 2.80 bits per heavy atom. The molecule has 0 radical (unpaired) electrons. The molecule has 3 atom stereocenters. The van der Waals surface area contributed by atoms with Crippen LogP contribution in [0, 0.1) is 0 Å². The first kappa shape index (κ1) is 20.4. The lowest BCUT2D eigenvalue weighted by molar-refractivity contribution is -0.151. The van der Waals surface area contributed by atoms with Gasteiger partial charge in [0.15, 0.2) is 6.10 Å². The number of nitrogens with zero attached hydrogens (tertiary/aromatic N) is 3. The second kappa shape index (κ2) is 8.50. The van der Waals surface area contributed by atoms with Gasteiger partial charge in [-0.25, -0.2) is 9.78 Å². The molecule has 156 valence electrons. The van der Waals surface area contributed by atoms with Gasteiger partial charge in [-0.2, -0.15) is 0 Å². The summed E-state index contributed by atoms with van der Waals surface area (Å²) in [7, 11) is 0. The van der Waals surface area contributed by atoms with E-state index in [-0.39, 0.29) is 5.70 Å². The summed E-state index contributed by atoms with van der Waals surface area (Å²) >= 11 is 2.63. The van der Waals surface area contributed by atoms with E-state index in [0.717, 1.165) is 0 Å². The van der Waals surface area contributed by atoms with E-state index in [1.54, 1.807) is 30.3 Å². The third kappa shape index (κ3) is 3.80. The Balaban J connectivity index is 1.46. The molecule has 2 unspecified atom stereocenters. The Morgan fingerprint density at radius 2 is 2.13 bits per heavy atom. The molecule has 1 fully saturated rings. The number of aliphatic carboxylic acids is 1. The van der Waals surface area contributed by atoms with Crippen molar-refractivity contribution in [3.63, 3.8) is 0 Å². The second-order valence-corrected chi connectivity index (χ2v) is 8.58. The summed E-state index contributed by atoms with van der Waals surface area (Å²) in [5, 5.41) is 28.9. The molecule has 0 saturated carbocycles. The molecule has 2 aliphatic rings. The molecule has 1 aromatic carbocycles. The standard InChI is InChI=1S/C18H17N5O5S2/c24-13(9-4-2-1-3-5-9)14(25)21-11-15(26)23-12(17(27)28)10(6-29-16(11)23)7-30-18-19-8-20-22-18/h1-5,8,11,13,16,24H,6-7H2,(H,21,25)(H,27,28)(H,19,20,22)/t11?,13?,16-/m0/s1. The zero-order valence-corrected chi connectivity index (χ0v) is 17.0. The number of hydrogen-bond acceptors (Lipinski definition) is 8. The average Bonchev–Trinajstić information content (AvgIpc) is 3.28. The van der Waals surface area contributed by atoms with Crippen molar-refractivity contribution in [2.75, 3.05) is 11.5 Å². The number of β-lactam (4-membered cyclic amide) rings is 1. The van der Waals surface area contributed by atoms with E-state index < -0.39 is 35.3 Å². The number of aromatic amines is 1. The number of H-pyrrole nitrogens is 1. The minimum absolute atomic E-state index is 0.0686. The van der Waals surface area contributed by atoms with Gasteiger partial charge in [0.2, 0.25) is 5.16 Å². The Kier molecular flexibility index (Phi) is 5.79. The Bertz CT molecular complexity index is 998. The molecule has 1 saturated heterocycles. The first-order valence-electron chi connectivity index (χ1n) is 8.89. The number of amides is 2. The van der Waals surface area contributed by atoms with Gasteiger partial charge in [0, 0.05) is 11.5 Å². The lowest BCUT2D eigenvalue weighted by Gasteiger charge is -2.49. The Labute approximate surface area is 179 Å². The number of rotatable bonds is 7. The number of thioether (sulfide) groups is 2.